The SMILES string of the molecule is C=S1(=O)CCN(C2CCN(C(=O)[C@H](C)Cc3cc(Br)c(O)c(Br)c3)CC2)CC1. The van der Waals surface area contributed by atoms with Crippen molar-refractivity contribution in [2.75, 3.05) is 37.7 Å². The fourth-order valence-electron chi connectivity index (χ4n) is 4.09. The third-order valence-corrected chi connectivity index (χ3v) is 8.90. The second kappa shape index (κ2) is 9.06. The number of nitrogens with zero attached hydrogens (tertiary/aromatic N) is 2. The van der Waals surface area contributed by atoms with Gasteiger partial charge in [0.05, 0.1) is 8.95 Å². The maximum Gasteiger partial charge on any atom is 0.225 e. The quantitative estimate of drug-likeness (QED) is 0.602. The van der Waals surface area contributed by atoms with Gasteiger partial charge >= 0.3 is 0 Å². The number of carbonyl (C=O) groups is 1. The number of amides is 1. The van der Waals surface area contributed by atoms with Crippen LogP contribution in [0, 0.1) is 5.92 Å². The molecule has 3 rings (SSSR count). The number of halogens is 2. The second-order valence-corrected chi connectivity index (χ2v) is 12.4. The van der Waals surface area contributed by atoms with Crippen LogP contribution in [0.4, 0.5) is 0 Å². The minimum Gasteiger partial charge on any atom is -0.506 e. The zero-order valence-electron chi connectivity index (χ0n) is 16.2. The van der Waals surface area contributed by atoms with E-state index >= 15 is 0 Å². The summed E-state index contributed by atoms with van der Waals surface area (Å²) in [6.45, 7) is 5.27. The van der Waals surface area contributed by atoms with Crippen molar-refractivity contribution in [1.82, 2.24) is 9.80 Å². The Bertz CT molecular complexity index is 799. The van der Waals surface area contributed by atoms with Gasteiger partial charge in [-0.25, -0.2) is 0 Å². The summed E-state index contributed by atoms with van der Waals surface area (Å²) in [4.78, 5) is 17.3. The van der Waals surface area contributed by atoms with Gasteiger partial charge in [0, 0.05) is 49.6 Å². The zero-order chi connectivity index (χ0) is 20.5. The maximum absolute atomic E-state index is 12.9. The Balaban J connectivity index is 1.52. The van der Waals surface area contributed by atoms with E-state index < -0.39 is 9.52 Å². The molecule has 1 aromatic carbocycles. The Kier molecular flexibility index (Phi) is 7.16. The summed E-state index contributed by atoms with van der Waals surface area (Å²) in [6.07, 6.45) is 2.60. The zero-order valence-corrected chi connectivity index (χ0v) is 20.2. The lowest BCUT2D eigenvalue weighted by Crippen LogP contribution is -2.51. The van der Waals surface area contributed by atoms with Crippen LogP contribution in [0.15, 0.2) is 21.1 Å². The van der Waals surface area contributed by atoms with Crippen LogP contribution in [0.1, 0.15) is 25.3 Å². The van der Waals surface area contributed by atoms with E-state index in [4.69, 9.17) is 0 Å². The van der Waals surface area contributed by atoms with E-state index in [1.165, 1.54) is 0 Å². The highest BCUT2D eigenvalue weighted by Crippen LogP contribution is 2.34. The second-order valence-electron chi connectivity index (χ2n) is 7.98. The topological polar surface area (TPSA) is 60.9 Å². The lowest BCUT2D eigenvalue weighted by atomic mass is 9.97. The van der Waals surface area contributed by atoms with Gasteiger partial charge in [-0.15, -0.1) is 0 Å². The van der Waals surface area contributed by atoms with E-state index in [1.54, 1.807) is 0 Å². The summed E-state index contributed by atoms with van der Waals surface area (Å²) >= 11 is 6.70. The third-order valence-electron chi connectivity index (χ3n) is 5.83. The predicted molar refractivity (Wildman–Crippen MR) is 123 cm³/mol. The molecule has 2 aliphatic heterocycles. The Morgan fingerprint density at radius 2 is 1.75 bits per heavy atom. The summed E-state index contributed by atoms with van der Waals surface area (Å²) in [5, 5.41) is 9.85. The van der Waals surface area contributed by atoms with E-state index in [0.29, 0.717) is 32.9 Å². The lowest BCUT2D eigenvalue weighted by Gasteiger charge is -2.41. The van der Waals surface area contributed by atoms with Gasteiger partial charge in [0.2, 0.25) is 5.91 Å². The van der Waals surface area contributed by atoms with Crippen LogP contribution < -0.4 is 0 Å². The van der Waals surface area contributed by atoms with Crippen LogP contribution in [0.2, 0.25) is 0 Å². The maximum atomic E-state index is 12.9. The molecule has 2 saturated heterocycles. The Morgan fingerprint density at radius 1 is 1.21 bits per heavy atom. The first-order valence-corrected chi connectivity index (χ1v) is 13.3. The summed E-state index contributed by atoms with van der Waals surface area (Å²) in [5.74, 6) is 5.50. The monoisotopic (exact) mass is 534 g/mol. The minimum atomic E-state index is -1.86. The molecule has 0 unspecified atom stereocenters. The molecular weight excluding hydrogens is 508 g/mol. The smallest absolute Gasteiger partial charge is 0.225 e. The molecule has 1 N–H and O–H groups in total. The first-order valence-electron chi connectivity index (χ1n) is 9.68. The Hall–Kier alpha value is -0.570. The van der Waals surface area contributed by atoms with Crippen LogP contribution in [0.5, 0.6) is 5.75 Å². The van der Waals surface area contributed by atoms with Crippen LogP contribution in [0.25, 0.3) is 0 Å². The molecule has 2 heterocycles. The standard InChI is InChI=1S/C20H28Br2N2O3S/c1-14(11-15-12-17(21)19(25)18(22)13-15)20(26)24-5-3-16(4-6-24)23-7-9-28(2,27)10-8-23/h12-14,16,25H,2-11H2,1H3/t14-/m1/s1. The summed E-state index contributed by atoms with van der Waals surface area (Å²) in [7, 11) is -1.86. The molecule has 0 aromatic heterocycles. The largest absolute Gasteiger partial charge is 0.506 e. The number of phenolic OH excluding ortho intramolecular Hbond substituents is 1. The average molecular weight is 536 g/mol. The van der Waals surface area contributed by atoms with Gasteiger partial charge < -0.3 is 10.0 Å². The molecule has 2 aliphatic rings. The average Bonchev–Trinajstić information content (AvgIpc) is 2.65. The summed E-state index contributed by atoms with van der Waals surface area (Å²) in [5.41, 5.74) is 1.01. The van der Waals surface area contributed by atoms with E-state index in [1.807, 2.05) is 24.0 Å². The molecule has 2 fully saturated rings. The van der Waals surface area contributed by atoms with Gasteiger partial charge in [-0.05, 0) is 84.2 Å². The summed E-state index contributed by atoms with van der Waals surface area (Å²) < 4.78 is 13.3. The molecular formula is C20H28Br2N2O3S. The molecule has 8 heteroatoms. The first kappa shape index (κ1) is 22.1. The van der Waals surface area contributed by atoms with Crippen molar-refractivity contribution in [1.29, 1.82) is 0 Å². The minimum absolute atomic E-state index is 0.106. The molecule has 0 spiro atoms. The van der Waals surface area contributed by atoms with Crippen LogP contribution in [-0.2, 0) is 20.7 Å². The number of hydrogen-bond donors (Lipinski definition) is 1. The molecule has 0 aliphatic carbocycles. The lowest BCUT2D eigenvalue weighted by molar-refractivity contribution is -0.136. The fraction of sp³-hybridized carbons (Fsp3) is 0.600. The van der Waals surface area contributed by atoms with Crippen molar-refractivity contribution < 1.29 is 14.1 Å². The Morgan fingerprint density at radius 3 is 2.29 bits per heavy atom. The molecule has 1 amide bonds. The number of aromatic hydroxyl groups is 1. The molecule has 0 radical (unpaired) electrons. The first-order chi connectivity index (χ1) is 13.2. The summed E-state index contributed by atoms with van der Waals surface area (Å²) in [6, 6.07) is 4.22. The number of hydrogen-bond acceptors (Lipinski definition) is 4. The van der Waals surface area contributed by atoms with Crippen molar-refractivity contribution in [3.8, 4) is 5.75 Å². The van der Waals surface area contributed by atoms with Gasteiger partial charge in [0.15, 0.2) is 0 Å². The molecule has 0 bridgehead atoms. The van der Waals surface area contributed by atoms with Crippen LogP contribution >= 0.6 is 31.9 Å². The highest BCUT2D eigenvalue weighted by atomic mass is 79.9. The number of rotatable bonds is 4. The molecule has 156 valence electrons. The van der Waals surface area contributed by atoms with Crippen molar-refractivity contribution in [3.05, 3.63) is 26.6 Å². The molecule has 5 nitrogen and oxygen atoms in total. The van der Waals surface area contributed by atoms with Gasteiger partial charge in [-0.2, -0.15) is 0 Å². The van der Waals surface area contributed by atoms with E-state index in [2.05, 4.69) is 42.6 Å². The van der Waals surface area contributed by atoms with Crippen molar-refractivity contribution in [2.45, 2.75) is 32.2 Å². The number of piperidine rings is 1. The molecule has 28 heavy (non-hydrogen) atoms. The number of likely N-dealkylation sites (tertiary alicyclic amines) is 1. The fourth-order valence-corrected chi connectivity index (χ4v) is 6.71. The highest BCUT2D eigenvalue weighted by molar-refractivity contribution is 9.11. The Labute approximate surface area is 184 Å². The van der Waals surface area contributed by atoms with Crippen molar-refractivity contribution in [3.63, 3.8) is 0 Å². The van der Waals surface area contributed by atoms with E-state index in [0.717, 1.165) is 44.6 Å². The normalized spacial score (nSPS) is 22.2. The van der Waals surface area contributed by atoms with E-state index in [-0.39, 0.29) is 17.6 Å². The third kappa shape index (κ3) is 5.32. The van der Waals surface area contributed by atoms with Crippen LogP contribution in [-0.4, -0.2) is 74.6 Å². The number of phenols is 1. The number of benzene rings is 1. The van der Waals surface area contributed by atoms with Gasteiger partial charge in [0.25, 0.3) is 0 Å². The predicted octanol–water partition coefficient (Wildman–Crippen LogP) is 3.12. The van der Waals surface area contributed by atoms with Crippen molar-refractivity contribution >= 4 is 53.2 Å². The van der Waals surface area contributed by atoms with Gasteiger partial charge in [-0.1, -0.05) is 6.92 Å². The van der Waals surface area contributed by atoms with Crippen molar-refractivity contribution in [2.24, 2.45) is 5.92 Å². The van der Waals surface area contributed by atoms with Crippen LogP contribution in [0.3, 0.4) is 0 Å². The highest BCUT2D eigenvalue weighted by Gasteiger charge is 2.30. The van der Waals surface area contributed by atoms with Gasteiger partial charge in [0.1, 0.15) is 5.75 Å². The molecule has 0 saturated carbocycles. The van der Waals surface area contributed by atoms with E-state index in [9.17, 15) is 14.1 Å². The van der Waals surface area contributed by atoms with Gasteiger partial charge in [-0.3, -0.25) is 13.9 Å². The number of carbonyl (C=O) groups excluding carboxylic acids is 1. The molecule has 1 atom stereocenters. The molecule has 1 aromatic rings.